The summed E-state index contributed by atoms with van der Waals surface area (Å²) in [6, 6.07) is 16.6. The fourth-order valence-corrected chi connectivity index (χ4v) is 4.15. The first-order valence-electron chi connectivity index (χ1n) is 10.7. The molecule has 1 fully saturated rings. The van der Waals surface area contributed by atoms with Crippen LogP contribution in [0.25, 0.3) is 10.9 Å². The van der Waals surface area contributed by atoms with Crippen LogP contribution >= 0.6 is 0 Å². The third-order valence-electron chi connectivity index (χ3n) is 5.91. The number of rotatable bonds is 5. The summed E-state index contributed by atoms with van der Waals surface area (Å²) in [4.78, 5) is 21.8. The van der Waals surface area contributed by atoms with Crippen LogP contribution in [0.15, 0.2) is 54.6 Å². The zero-order chi connectivity index (χ0) is 22.0. The molecule has 0 aliphatic carbocycles. The molecule has 0 radical (unpaired) electrons. The molecule has 2 atom stereocenters. The van der Waals surface area contributed by atoms with E-state index in [1.54, 1.807) is 0 Å². The number of benzene rings is 2. The molecule has 0 saturated carbocycles. The number of ether oxygens (including phenoxy) is 1. The molecule has 4 rings (SSSR count). The van der Waals surface area contributed by atoms with Gasteiger partial charge in [-0.3, -0.25) is 9.69 Å². The molecule has 162 valence electrons. The van der Waals surface area contributed by atoms with Gasteiger partial charge < -0.3 is 9.64 Å². The number of aromatic nitrogens is 1. The van der Waals surface area contributed by atoms with Crippen LogP contribution in [0.1, 0.15) is 25.1 Å². The zero-order valence-corrected chi connectivity index (χ0v) is 18.2. The number of nitrogens with zero attached hydrogens (tertiary/aromatic N) is 3. The number of fused-ring (bicyclic) bond motifs is 1. The molecule has 1 aromatic heterocycles. The van der Waals surface area contributed by atoms with Gasteiger partial charge in [-0.05, 0) is 50.6 Å². The van der Waals surface area contributed by atoms with Crippen LogP contribution in [0.3, 0.4) is 0 Å². The molecule has 1 aliphatic heterocycles. The Bertz CT molecular complexity index is 1070. The van der Waals surface area contributed by atoms with E-state index in [1.165, 1.54) is 12.1 Å². The first-order chi connectivity index (χ1) is 14.9. The second kappa shape index (κ2) is 9.02. The van der Waals surface area contributed by atoms with E-state index in [-0.39, 0.29) is 30.4 Å². The van der Waals surface area contributed by atoms with E-state index in [4.69, 9.17) is 4.74 Å². The van der Waals surface area contributed by atoms with Crippen molar-refractivity contribution in [2.45, 2.75) is 39.4 Å². The topological polar surface area (TPSA) is 45.7 Å². The second-order valence-electron chi connectivity index (χ2n) is 8.37. The molecule has 1 aliphatic rings. The Morgan fingerprint density at radius 3 is 2.61 bits per heavy atom. The van der Waals surface area contributed by atoms with Crippen molar-refractivity contribution in [2.24, 2.45) is 0 Å². The summed E-state index contributed by atoms with van der Waals surface area (Å²) in [5, 5.41) is 0.993. The van der Waals surface area contributed by atoms with Crippen molar-refractivity contribution >= 4 is 16.8 Å². The van der Waals surface area contributed by atoms with Gasteiger partial charge in [0.2, 0.25) is 0 Å². The molecular formula is C25H28FN3O2. The monoisotopic (exact) mass is 421 g/mol. The number of pyridine rings is 1. The van der Waals surface area contributed by atoms with Crippen LogP contribution in [-0.4, -0.2) is 52.5 Å². The highest BCUT2D eigenvalue weighted by molar-refractivity contribution is 5.85. The first-order valence-corrected chi connectivity index (χ1v) is 10.7. The van der Waals surface area contributed by atoms with E-state index in [0.717, 1.165) is 35.2 Å². The lowest BCUT2D eigenvalue weighted by molar-refractivity contribution is -0.139. The molecule has 0 bridgehead atoms. The van der Waals surface area contributed by atoms with E-state index < -0.39 is 0 Å². The lowest BCUT2D eigenvalue weighted by Gasteiger charge is -2.44. The van der Waals surface area contributed by atoms with Crippen molar-refractivity contribution in [3.63, 3.8) is 0 Å². The van der Waals surface area contributed by atoms with Crippen LogP contribution in [0.4, 0.5) is 4.39 Å². The van der Waals surface area contributed by atoms with Crippen molar-refractivity contribution in [1.29, 1.82) is 0 Å². The lowest BCUT2D eigenvalue weighted by Crippen LogP contribution is -2.58. The van der Waals surface area contributed by atoms with Crippen molar-refractivity contribution < 1.29 is 13.9 Å². The van der Waals surface area contributed by atoms with Crippen LogP contribution < -0.4 is 4.74 Å². The van der Waals surface area contributed by atoms with Gasteiger partial charge in [0.1, 0.15) is 17.1 Å². The number of para-hydroxylation sites is 1. The second-order valence-corrected chi connectivity index (χ2v) is 8.37. The summed E-state index contributed by atoms with van der Waals surface area (Å²) in [5.74, 6) is 0.382. The fraction of sp³-hybridized carbons (Fsp3) is 0.360. The van der Waals surface area contributed by atoms with Crippen molar-refractivity contribution in [2.75, 3.05) is 19.7 Å². The molecular weight excluding hydrogens is 393 g/mol. The Morgan fingerprint density at radius 2 is 1.84 bits per heavy atom. The van der Waals surface area contributed by atoms with Crippen molar-refractivity contribution in [3.8, 4) is 5.75 Å². The summed E-state index contributed by atoms with van der Waals surface area (Å²) in [6.07, 6.45) is 0. The van der Waals surface area contributed by atoms with Gasteiger partial charge in [-0.25, -0.2) is 9.37 Å². The fourth-order valence-electron chi connectivity index (χ4n) is 4.15. The average molecular weight is 422 g/mol. The highest BCUT2D eigenvalue weighted by Crippen LogP contribution is 2.24. The number of carbonyl (C=O) groups excluding carboxylic acids is 1. The summed E-state index contributed by atoms with van der Waals surface area (Å²) >= 11 is 0. The average Bonchev–Trinajstić information content (AvgIpc) is 2.76. The molecule has 1 amide bonds. The molecule has 31 heavy (non-hydrogen) atoms. The third kappa shape index (κ3) is 4.85. The Morgan fingerprint density at radius 1 is 1.06 bits per heavy atom. The molecule has 5 nitrogen and oxygen atoms in total. The molecule has 0 N–H and O–H groups in total. The van der Waals surface area contributed by atoms with Gasteiger partial charge in [-0.2, -0.15) is 0 Å². The maximum atomic E-state index is 13.2. The predicted molar refractivity (Wildman–Crippen MR) is 119 cm³/mol. The van der Waals surface area contributed by atoms with Crippen molar-refractivity contribution in [1.82, 2.24) is 14.8 Å². The largest absolute Gasteiger partial charge is 0.481 e. The number of hydrogen-bond donors (Lipinski definition) is 0. The molecule has 0 spiro atoms. The molecule has 6 heteroatoms. The minimum Gasteiger partial charge on any atom is -0.481 e. The Hall–Kier alpha value is -2.99. The standard InChI is InChI=1S/C25H28FN3O2/c1-17-7-10-21-5-4-6-23(25(21)27-17)31-16-24(30)29-14-18(2)28(13-19(29)3)15-20-8-11-22(26)12-9-20/h4-12,18-19H,13-16H2,1-3H3/t18-,19+/m1/s1. The van der Waals surface area contributed by atoms with Crippen LogP contribution in [0, 0.1) is 12.7 Å². The Kier molecular flexibility index (Phi) is 6.18. The van der Waals surface area contributed by atoms with Crippen molar-refractivity contribution in [3.05, 3.63) is 71.7 Å². The van der Waals surface area contributed by atoms with E-state index in [9.17, 15) is 9.18 Å². The molecule has 2 heterocycles. The van der Waals surface area contributed by atoms with E-state index in [1.807, 2.05) is 54.3 Å². The summed E-state index contributed by atoms with van der Waals surface area (Å²) in [5.41, 5.74) is 2.76. The Labute approximate surface area is 182 Å². The number of aryl methyl sites for hydroxylation is 1. The van der Waals surface area contributed by atoms with Gasteiger partial charge in [0, 0.05) is 42.8 Å². The minimum absolute atomic E-state index is 0.0102. The number of piperazine rings is 1. The Balaban J connectivity index is 1.38. The highest BCUT2D eigenvalue weighted by Gasteiger charge is 2.32. The third-order valence-corrected chi connectivity index (χ3v) is 5.91. The normalized spacial score (nSPS) is 19.5. The number of halogens is 1. The summed E-state index contributed by atoms with van der Waals surface area (Å²) in [6.45, 7) is 8.25. The maximum absolute atomic E-state index is 13.2. The van der Waals surface area contributed by atoms with Gasteiger partial charge in [0.25, 0.3) is 5.91 Å². The predicted octanol–water partition coefficient (Wildman–Crippen LogP) is 4.18. The number of amides is 1. The van der Waals surface area contributed by atoms with E-state index in [0.29, 0.717) is 12.3 Å². The van der Waals surface area contributed by atoms with Crippen LogP contribution in [0.5, 0.6) is 5.75 Å². The summed E-state index contributed by atoms with van der Waals surface area (Å²) in [7, 11) is 0. The SMILES string of the molecule is Cc1ccc2cccc(OCC(=O)N3C[C@@H](C)N(Cc4ccc(F)cc4)C[C@@H]3C)c2n1. The van der Waals surface area contributed by atoms with Gasteiger partial charge in [0.15, 0.2) is 6.61 Å². The molecule has 1 saturated heterocycles. The number of hydrogen-bond acceptors (Lipinski definition) is 4. The quantitative estimate of drug-likeness (QED) is 0.620. The maximum Gasteiger partial charge on any atom is 0.260 e. The van der Waals surface area contributed by atoms with E-state index >= 15 is 0 Å². The molecule has 3 aromatic rings. The van der Waals surface area contributed by atoms with Gasteiger partial charge in [-0.15, -0.1) is 0 Å². The van der Waals surface area contributed by atoms with Gasteiger partial charge in [-0.1, -0.05) is 30.3 Å². The van der Waals surface area contributed by atoms with Crippen LogP contribution in [0.2, 0.25) is 0 Å². The first kappa shape index (κ1) is 21.2. The molecule has 2 aromatic carbocycles. The van der Waals surface area contributed by atoms with E-state index in [2.05, 4.69) is 23.7 Å². The zero-order valence-electron chi connectivity index (χ0n) is 18.2. The lowest BCUT2D eigenvalue weighted by atomic mass is 10.1. The minimum atomic E-state index is -0.225. The number of carbonyl (C=O) groups is 1. The van der Waals surface area contributed by atoms with Crippen LogP contribution in [-0.2, 0) is 11.3 Å². The smallest absolute Gasteiger partial charge is 0.260 e. The van der Waals surface area contributed by atoms with Gasteiger partial charge >= 0.3 is 0 Å². The molecule has 0 unspecified atom stereocenters. The summed E-state index contributed by atoms with van der Waals surface area (Å²) < 4.78 is 19.1. The van der Waals surface area contributed by atoms with Gasteiger partial charge in [0.05, 0.1) is 0 Å². The highest BCUT2D eigenvalue weighted by atomic mass is 19.1.